The minimum atomic E-state index is -0.660. The summed E-state index contributed by atoms with van der Waals surface area (Å²) in [5.41, 5.74) is 1.13. The van der Waals surface area contributed by atoms with E-state index < -0.39 is 5.97 Å². The summed E-state index contributed by atoms with van der Waals surface area (Å²) in [4.78, 5) is 10.7. The fourth-order valence-electron chi connectivity index (χ4n) is 2.13. The lowest BCUT2D eigenvalue weighted by Crippen LogP contribution is -2.08. The third kappa shape index (κ3) is 2.00. The first kappa shape index (κ1) is 10.6. The molecule has 0 aliphatic heterocycles. The van der Waals surface area contributed by atoms with E-state index in [-0.39, 0.29) is 5.92 Å². The molecule has 2 aromatic rings. The van der Waals surface area contributed by atoms with E-state index in [1.165, 1.54) is 10.1 Å². The van der Waals surface area contributed by atoms with Crippen molar-refractivity contribution in [1.82, 2.24) is 0 Å². The van der Waals surface area contributed by atoms with Gasteiger partial charge in [-0.05, 0) is 18.4 Å². The van der Waals surface area contributed by atoms with Crippen molar-refractivity contribution in [2.45, 2.75) is 6.42 Å². The molecular weight excluding hydrogens is 234 g/mol. The van der Waals surface area contributed by atoms with Crippen LogP contribution in [-0.2, 0) is 4.79 Å². The maximum Gasteiger partial charge on any atom is 0.306 e. The highest BCUT2D eigenvalue weighted by molar-refractivity contribution is 7.17. The van der Waals surface area contributed by atoms with Crippen molar-refractivity contribution < 1.29 is 9.90 Å². The Hall–Kier alpha value is -1.55. The van der Waals surface area contributed by atoms with Crippen molar-refractivity contribution in [2.24, 2.45) is 11.8 Å². The third-order valence-corrected chi connectivity index (χ3v) is 4.24. The number of hydrogen-bond donors (Lipinski definition) is 2. The molecule has 0 spiro atoms. The van der Waals surface area contributed by atoms with Crippen LogP contribution in [0, 0.1) is 11.8 Å². The van der Waals surface area contributed by atoms with Gasteiger partial charge in [-0.15, -0.1) is 11.3 Å². The standard InChI is InChI=1S/C13H13NO2S/c15-13(16)10-5-8(10)6-14-11-7-17-12-4-2-1-3-9(11)12/h1-4,7-8,10,14H,5-6H2,(H,15,16). The number of rotatable bonds is 4. The molecule has 0 radical (unpaired) electrons. The maximum absolute atomic E-state index is 10.7. The zero-order valence-corrected chi connectivity index (χ0v) is 10.0. The molecule has 3 rings (SSSR count). The zero-order valence-electron chi connectivity index (χ0n) is 9.22. The molecule has 1 heterocycles. The Morgan fingerprint density at radius 1 is 1.47 bits per heavy atom. The fourth-order valence-corrected chi connectivity index (χ4v) is 3.05. The molecule has 1 fully saturated rings. The number of fused-ring (bicyclic) bond motifs is 1. The van der Waals surface area contributed by atoms with Crippen molar-refractivity contribution in [2.75, 3.05) is 11.9 Å². The van der Waals surface area contributed by atoms with Crippen LogP contribution in [0.1, 0.15) is 6.42 Å². The number of carbonyl (C=O) groups is 1. The zero-order chi connectivity index (χ0) is 11.8. The van der Waals surface area contributed by atoms with E-state index in [4.69, 9.17) is 5.11 Å². The summed E-state index contributed by atoms with van der Waals surface area (Å²) in [5.74, 6) is -0.495. The molecule has 1 aromatic carbocycles. The van der Waals surface area contributed by atoms with Crippen LogP contribution in [0.4, 0.5) is 5.69 Å². The second-order valence-electron chi connectivity index (χ2n) is 4.47. The van der Waals surface area contributed by atoms with Gasteiger partial charge in [-0.3, -0.25) is 4.79 Å². The fraction of sp³-hybridized carbons (Fsp3) is 0.308. The minimum Gasteiger partial charge on any atom is -0.481 e. The predicted molar refractivity (Wildman–Crippen MR) is 69.5 cm³/mol. The Morgan fingerprint density at radius 3 is 3.06 bits per heavy atom. The molecule has 17 heavy (non-hydrogen) atoms. The van der Waals surface area contributed by atoms with Gasteiger partial charge >= 0.3 is 5.97 Å². The van der Waals surface area contributed by atoms with Crippen LogP contribution >= 0.6 is 11.3 Å². The lowest BCUT2D eigenvalue weighted by molar-refractivity contribution is -0.138. The molecule has 1 aromatic heterocycles. The molecule has 2 atom stereocenters. The lowest BCUT2D eigenvalue weighted by Gasteiger charge is -2.03. The smallest absolute Gasteiger partial charge is 0.306 e. The number of carboxylic acid groups (broad SMARTS) is 1. The van der Waals surface area contributed by atoms with E-state index in [0.717, 1.165) is 18.7 Å². The van der Waals surface area contributed by atoms with Crippen molar-refractivity contribution in [3.63, 3.8) is 0 Å². The first-order chi connectivity index (χ1) is 8.25. The molecule has 88 valence electrons. The summed E-state index contributed by atoms with van der Waals surface area (Å²) >= 11 is 1.71. The van der Waals surface area contributed by atoms with Gasteiger partial charge in [-0.2, -0.15) is 0 Å². The second kappa shape index (κ2) is 4.04. The SMILES string of the molecule is O=C(O)C1CC1CNc1csc2ccccc12. The van der Waals surface area contributed by atoms with Crippen LogP contribution in [0.15, 0.2) is 29.6 Å². The van der Waals surface area contributed by atoms with Gasteiger partial charge in [0.1, 0.15) is 0 Å². The number of benzene rings is 1. The molecule has 2 unspecified atom stereocenters. The number of carboxylic acids is 1. The van der Waals surface area contributed by atoms with Crippen LogP contribution in [-0.4, -0.2) is 17.6 Å². The third-order valence-electron chi connectivity index (χ3n) is 3.28. The Morgan fingerprint density at radius 2 is 2.29 bits per heavy atom. The Bertz CT molecular complexity index is 563. The molecule has 1 saturated carbocycles. The Kier molecular flexibility index (Phi) is 2.52. The lowest BCUT2D eigenvalue weighted by atomic mass is 10.2. The summed E-state index contributed by atoms with van der Waals surface area (Å²) in [5, 5.41) is 15.5. The number of thiophene rings is 1. The summed E-state index contributed by atoms with van der Waals surface area (Å²) in [6.45, 7) is 0.762. The first-order valence-corrected chi connectivity index (χ1v) is 6.56. The largest absolute Gasteiger partial charge is 0.481 e. The second-order valence-corrected chi connectivity index (χ2v) is 5.38. The average molecular weight is 247 g/mol. The summed E-state index contributed by atoms with van der Waals surface area (Å²) in [7, 11) is 0. The van der Waals surface area contributed by atoms with Crippen LogP contribution in [0.5, 0.6) is 0 Å². The highest BCUT2D eigenvalue weighted by Crippen LogP contribution is 2.39. The van der Waals surface area contributed by atoms with Gasteiger partial charge in [0, 0.05) is 22.0 Å². The van der Waals surface area contributed by atoms with E-state index in [0.29, 0.717) is 5.92 Å². The van der Waals surface area contributed by atoms with Crippen LogP contribution < -0.4 is 5.32 Å². The topological polar surface area (TPSA) is 49.3 Å². The van der Waals surface area contributed by atoms with Gasteiger partial charge in [0.05, 0.1) is 11.6 Å². The Labute approximate surface area is 103 Å². The predicted octanol–water partition coefficient (Wildman–Crippen LogP) is 3.03. The minimum absolute atomic E-state index is 0.132. The number of anilines is 1. The number of nitrogens with one attached hydrogen (secondary N) is 1. The summed E-state index contributed by atoms with van der Waals surface area (Å²) in [6.07, 6.45) is 0.810. The average Bonchev–Trinajstić information content (AvgIpc) is 3.00. The van der Waals surface area contributed by atoms with E-state index in [1.807, 2.05) is 12.1 Å². The summed E-state index contributed by atoms with van der Waals surface area (Å²) in [6, 6.07) is 8.25. The monoisotopic (exact) mass is 247 g/mol. The van der Waals surface area contributed by atoms with Crippen LogP contribution in [0.2, 0.25) is 0 Å². The van der Waals surface area contributed by atoms with Crippen molar-refractivity contribution in [3.05, 3.63) is 29.6 Å². The highest BCUT2D eigenvalue weighted by Gasteiger charge is 2.42. The molecule has 1 aliphatic carbocycles. The van der Waals surface area contributed by atoms with E-state index in [9.17, 15) is 4.79 Å². The van der Waals surface area contributed by atoms with Gasteiger partial charge in [-0.1, -0.05) is 18.2 Å². The molecular formula is C13H13NO2S. The Balaban J connectivity index is 1.68. The molecule has 0 amide bonds. The molecule has 0 bridgehead atoms. The van der Waals surface area contributed by atoms with E-state index in [2.05, 4.69) is 22.8 Å². The summed E-state index contributed by atoms with van der Waals surface area (Å²) < 4.78 is 1.26. The van der Waals surface area contributed by atoms with Crippen molar-refractivity contribution in [3.8, 4) is 0 Å². The van der Waals surface area contributed by atoms with Gasteiger partial charge in [0.25, 0.3) is 0 Å². The highest BCUT2D eigenvalue weighted by atomic mass is 32.1. The molecule has 2 N–H and O–H groups in total. The van der Waals surface area contributed by atoms with Gasteiger partial charge in [-0.25, -0.2) is 0 Å². The van der Waals surface area contributed by atoms with E-state index in [1.54, 1.807) is 11.3 Å². The quantitative estimate of drug-likeness (QED) is 0.873. The molecule has 3 nitrogen and oxygen atoms in total. The van der Waals surface area contributed by atoms with Gasteiger partial charge < -0.3 is 10.4 Å². The molecule has 1 aliphatic rings. The maximum atomic E-state index is 10.7. The molecule has 4 heteroatoms. The van der Waals surface area contributed by atoms with Gasteiger partial charge in [0.15, 0.2) is 0 Å². The molecule has 0 saturated heterocycles. The van der Waals surface area contributed by atoms with Crippen LogP contribution in [0.25, 0.3) is 10.1 Å². The van der Waals surface area contributed by atoms with Crippen LogP contribution in [0.3, 0.4) is 0 Å². The number of hydrogen-bond acceptors (Lipinski definition) is 3. The normalized spacial score (nSPS) is 22.6. The van der Waals surface area contributed by atoms with Crippen molar-refractivity contribution in [1.29, 1.82) is 0 Å². The van der Waals surface area contributed by atoms with Gasteiger partial charge in [0.2, 0.25) is 0 Å². The first-order valence-electron chi connectivity index (χ1n) is 5.68. The number of aliphatic carboxylic acids is 1. The van der Waals surface area contributed by atoms with Crippen molar-refractivity contribution >= 4 is 33.1 Å². The van der Waals surface area contributed by atoms with E-state index >= 15 is 0 Å².